The zero-order valence-electron chi connectivity index (χ0n) is 8.50. The van der Waals surface area contributed by atoms with Crippen LogP contribution in [0.2, 0.25) is 0 Å². The molecule has 0 radical (unpaired) electrons. The van der Waals surface area contributed by atoms with Crippen LogP contribution in [0.15, 0.2) is 24.3 Å². The molecule has 1 aromatic rings. The summed E-state index contributed by atoms with van der Waals surface area (Å²) in [6, 6.07) is 9.92. The van der Waals surface area contributed by atoms with E-state index in [4.69, 9.17) is 0 Å². The SMILES string of the molecule is c1cc(CNC2CC2)cc(C2CC2)c1. The third-order valence-corrected chi connectivity index (χ3v) is 3.17. The quantitative estimate of drug-likeness (QED) is 0.764. The summed E-state index contributed by atoms with van der Waals surface area (Å²) in [5.74, 6) is 0.885. The molecule has 0 saturated heterocycles. The van der Waals surface area contributed by atoms with Gasteiger partial charge in [0.15, 0.2) is 0 Å². The van der Waals surface area contributed by atoms with Crippen LogP contribution >= 0.6 is 0 Å². The zero-order chi connectivity index (χ0) is 9.38. The minimum Gasteiger partial charge on any atom is -0.310 e. The third-order valence-electron chi connectivity index (χ3n) is 3.17. The van der Waals surface area contributed by atoms with Crippen LogP contribution in [0.1, 0.15) is 42.7 Å². The molecule has 3 rings (SSSR count). The van der Waals surface area contributed by atoms with Crippen LogP contribution < -0.4 is 5.32 Å². The highest BCUT2D eigenvalue weighted by molar-refractivity contribution is 5.29. The Morgan fingerprint density at radius 3 is 2.71 bits per heavy atom. The van der Waals surface area contributed by atoms with E-state index in [2.05, 4.69) is 29.6 Å². The normalized spacial score (nSPS) is 21.1. The first-order chi connectivity index (χ1) is 6.92. The molecule has 0 bridgehead atoms. The Morgan fingerprint density at radius 2 is 2.00 bits per heavy atom. The Morgan fingerprint density at radius 1 is 1.14 bits per heavy atom. The van der Waals surface area contributed by atoms with Crippen molar-refractivity contribution in [1.82, 2.24) is 5.32 Å². The lowest BCUT2D eigenvalue weighted by Gasteiger charge is -2.05. The number of benzene rings is 1. The van der Waals surface area contributed by atoms with Crippen molar-refractivity contribution in [3.05, 3.63) is 35.4 Å². The van der Waals surface area contributed by atoms with E-state index >= 15 is 0 Å². The second kappa shape index (κ2) is 3.39. The minimum absolute atomic E-state index is 0.819. The van der Waals surface area contributed by atoms with E-state index in [0.717, 1.165) is 18.5 Å². The van der Waals surface area contributed by atoms with Gasteiger partial charge in [-0.05, 0) is 42.7 Å². The second-order valence-corrected chi connectivity index (χ2v) is 4.67. The van der Waals surface area contributed by atoms with E-state index in [0.29, 0.717) is 0 Å². The summed E-state index contributed by atoms with van der Waals surface area (Å²) < 4.78 is 0. The van der Waals surface area contributed by atoms with E-state index in [-0.39, 0.29) is 0 Å². The van der Waals surface area contributed by atoms with Crippen molar-refractivity contribution < 1.29 is 0 Å². The van der Waals surface area contributed by atoms with Gasteiger partial charge in [0, 0.05) is 12.6 Å². The molecule has 0 aliphatic heterocycles. The van der Waals surface area contributed by atoms with Gasteiger partial charge in [0.1, 0.15) is 0 Å². The summed E-state index contributed by atoms with van der Waals surface area (Å²) >= 11 is 0. The van der Waals surface area contributed by atoms with Crippen molar-refractivity contribution in [2.75, 3.05) is 0 Å². The van der Waals surface area contributed by atoms with E-state index in [9.17, 15) is 0 Å². The Kier molecular flexibility index (Phi) is 2.06. The molecule has 0 unspecified atom stereocenters. The third kappa shape index (κ3) is 1.98. The Labute approximate surface area is 85.5 Å². The molecular formula is C13H17N. The molecule has 0 heterocycles. The predicted molar refractivity (Wildman–Crippen MR) is 58.3 cm³/mol. The first kappa shape index (κ1) is 8.49. The molecule has 74 valence electrons. The summed E-state index contributed by atoms with van der Waals surface area (Å²) in [5.41, 5.74) is 3.02. The highest BCUT2D eigenvalue weighted by atomic mass is 14.9. The second-order valence-electron chi connectivity index (χ2n) is 4.67. The average molecular weight is 187 g/mol. The predicted octanol–water partition coefficient (Wildman–Crippen LogP) is 2.82. The molecule has 1 aromatic carbocycles. The number of hydrogen-bond donors (Lipinski definition) is 1. The monoisotopic (exact) mass is 187 g/mol. The van der Waals surface area contributed by atoms with Crippen LogP contribution in [0.5, 0.6) is 0 Å². The lowest BCUT2D eigenvalue weighted by Crippen LogP contribution is -2.15. The van der Waals surface area contributed by atoms with Crippen molar-refractivity contribution in [2.24, 2.45) is 0 Å². The van der Waals surface area contributed by atoms with Crippen molar-refractivity contribution in [3.63, 3.8) is 0 Å². The maximum Gasteiger partial charge on any atom is 0.0208 e. The van der Waals surface area contributed by atoms with Gasteiger partial charge in [-0.1, -0.05) is 24.3 Å². The van der Waals surface area contributed by atoms with Crippen molar-refractivity contribution in [3.8, 4) is 0 Å². The molecule has 1 N–H and O–H groups in total. The number of rotatable bonds is 4. The molecule has 1 heteroatoms. The van der Waals surface area contributed by atoms with Gasteiger partial charge >= 0.3 is 0 Å². The maximum atomic E-state index is 3.56. The van der Waals surface area contributed by atoms with Gasteiger partial charge in [-0.25, -0.2) is 0 Å². The maximum absolute atomic E-state index is 3.56. The topological polar surface area (TPSA) is 12.0 Å². The van der Waals surface area contributed by atoms with E-state index in [1.807, 2.05) is 0 Å². The van der Waals surface area contributed by atoms with Gasteiger partial charge in [0.25, 0.3) is 0 Å². The summed E-state index contributed by atoms with van der Waals surface area (Å²) in [5, 5.41) is 3.56. The van der Waals surface area contributed by atoms with E-state index in [1.165, 1.54) is 31.2 Å². The van der Waals surface area contributed by atoms with Crippen LogP contribution in [-0.2, 0) is 6.54 Å². The van der Waals surface area contributed by atoms with Crippen LogP contribution in [0, 0.1) is 0 Å². The highest BCUT2D eigenvalue weighted by Crippen LogP contribution is 2.40. The lowest BCUT2D eigenvalue weighted by molar-refractivity contribution is 0.687. The molecule has 0 spiro atoms. The molecular weight excluding hydrogens is 170 g/mol. The largest absolute Gasteiger partial charge is 0.310 e. The molecule has 0 amide bonds. The summed E-state index contributed by atoms with van der Waals surface area (Å²) in [4.78, 5) is 0. The fraction of sp³-hybridized carbons (Fsp3) is 0.538. The molecule has 14 heavy (non-hydrogen) atoms. The average Bonchev–Trinajstić information content (AvgIpc) is 3.06. The van der Waals surface area contributed by atoms with Crippen LogP contribution in [0.25, 0.3) is 0 Å². The Bertz CT molecular complexity index is 324. The summed E-state index contributed by atoms with van der Waals surface area (Å²) in [6.45, 7) is 1.06. The molecule has 2 aliphatic carbocycles. The molecule has 1 nitrogen and oxygen atoms in total. The Hall–Kier alpha value is -0.820. The van der Waals surface area contributed by atoms with E-state index in [1.54, 1.807) is 5.56 Å². The van der Waals surface area contributed by atoms with Crippen molar-refractivity contribution in [2.45, 2.75) is 44.2 Å². The van der Waals surface area contributed by atoms with Gasteiger partial charge in [-0.15, -0.1) is 0 Å². The van der Waals surface area contributed by atoms with E-state index < -0.39 is 0 Å². The number of nitrogens with one attached hydrogen (secondary N) is 1. The zero-order valence-corrected chi connectivity index (χ0v) is 8.50. The molecule has 0 aromatic heterocycles. The lowest BCUT2D eigenvalue weighted by atomic mass is 10.1. The van der Waals surface area contributed by atoms with Gasteiger partial charge in [-0.3, -0.25) is 0 Å². The van der Waals surface area contributed by atoms with Gasteiger partial charge in [-0.2, -0.15) is 0 Å². The van der Waals surface area contributed by atoms with Gasteiger partial charge < -0.3 is 5.32 Å². The first-order valence-electron chi connectivity index (χ1n) is 5.74. The summed E-state index contributed by atoms with van der Waals surface area (Å²) in [6.07, 6.45) is 5.56. The minimum atomic E-state index is 0.819. The van der Waals surface area contributed by atoms with Crippen LogP contribution in [0.4, 0.5) is 0 Å². The smallest absolute Gasteiger partial charge is 0.0208 e. The fourth-order valence-electron chi connectivity index (χ4n) is 1.92. The molecule has 2 aliphatic rings. The standard InChI is InChI=1S/C13H17N/c1-2-10(9-14-13-6-7-13)8-12(3-1)11-4-5-11/h1-3,8,11,13-14H,4-7,9H2. The van der Waals surface area contributed by atoms with Crippen LogP contribution in [-0.4, -0.2) is 6.04 Å². The molecule has 2 fully saturated rings. The number of hydrogen-bond acceptors (Lipinski definition) is 1. The Balaban J connectivity index is 1.66. The summed E-state index contributed by atoms with van der Waals surface area (Å²) in [7, 11) is 0. The molecule has 2 saturated carbocycles. The van der Waals surface area contributed by atoms with Gasteiger partial charge in [0.05, 0.1) is 0 Å². The van der Waals surface area contributed by atoms with Crippen molar-refractivity contribution in [1.29, 1.82) is 0 Å². The van der Waals surface area contributed by atoms with Crippen molar-refractivity contribution >= 4 is 0 Å². The fourth-order valence-corrected chi connectivity index (χ4v) is 1.92. The molecule has 0 atom stereocenters. The van der Waals surface area contributed by atoms with Gasteiger partial charge in [0.2, 0.25) is 0 Å². The first-order valence-corrected chi connectivity index (χ1v) is 5.74. The van der Waals surface area contributed by atoms with Crippen LogP contribution in [0.3, 0.4) is 0 Å². The highest BCUT2D eigenvalue weighted by Gasteiger charge is 2.23.